The lowest BCUT2D eigenvalue weighted by Gasteiger charge is -2.37. The Morgan fingerprint density at radius 1 is 1.17 bits per heavy atom. The van der Waals surface area contributed by atoms with E-state index in [1.807, 2.05) is 37.4 Å². The standard InChI is InChI=1S/C29H34N4O3/c1-20-5-6-23(36-19-21-7-11-32(21)2)18-25(20)28(34)31-29(8-9-29)26-16-22(33-12-14-35-15-13-33)17-27-24(26)4-3-10-30-27/h3-6,10,16-18,21H,7-9,11-15,19H2,1-2H3,(H,31,34). The number of amides is 1. The molecule has 1 aromatic heterocycles. The number of pyridine rings is 1. The first kappa shape index (κ1) is 23.3. The van der Waals surface area contributed by atoms with Crippen LogP contribution in [0.25, 0.3) is 10.9 Å². The van der Waals surface area contributed by atoms with Gasteiger partial charge in [-0.2, -0.15) is 0 Å². The minimum atomic E-state index is -0.376. The van der Waals surface area contributed by atoms with E-state index in [9.17, 15) is 4.79 Å². The van der Waals surface area contributed by atoms with Crippen LogP contribution in [0.15, 0.2) is 48.7 Å². The van der Waals surface area contributed by atoms with Gasteiger partial charge in [0.15, 0.2) is 0 Å². The topological polar surface area (TPSA) is 66.9 Å². The number of morpholine rings is 1. The van der Waals surface area contributed by atoms with Crippen molar-refractivity contribution < 1.29 is 14.3 Å². The third-order valence-electron chi connectivity index (χ3n) is 8.03. The zero-order valence-electron chi connectivity index (χ0n) is 21.1. The van der Waals surface area contributed by atoms with E-state index in [0.29, 0.717) is 18.2 Å². The summed E-state index contributed by atoms with van der Waals surface area (Å²) < 4.78 is 11.6. The molecule has 7 heteroatoms. The quantitative estimate of drug-likeness (QED) is 0.547. The summed E-state index contributed by atoms with van der Waals surface area (Å²) in [5.74, 6) is 0.699. The minimum Gasteiger partial charge on any atom is -0.492 e. The number of nitrogens with one attached hydrogen (secondary N) is 1. The first-order chi connectivity index (χ1) is 17.5. The highest BCUT2D eigenvalue weighted by atomic mass is 16.5. The lowest BCUT2D eigenvalue weighted by atomic mass is 9.97. The van der Waals surface area contributed by atoms with Gasteiger partial charge in [-0.05, 0) is 81.2 Å². The van der Waals surface area contributed by atoms with Gasteiger partial charge in [0, 0.05) is 42.0 Å². The number of benzene rings is 2. The molecule has 1 unspecified atom stereocenters. The van der Waals surface area contributed by atoms with Crippen molar-refractivity contribution in [1.29, 1.82) is 0 Å². The number of carbonyl (C=O) groups excluding carboxylic acids is 1. The van der Waals surface area contributed by atoms with Gasteiger partial charge in [0.1, 0.15) is 12.4 Å². The van der Waals surface area contributed by atoms with E-state index in [1.165, 1.54) is 0 Å². The summed E-state index contributed by atoms with van der Waals surface area (Å²) in [6.45, 7) is 6.93. The van der Waals surface area contributed by atoms with Crippen LogP contribution in [-0.4, -0.2) is 68.3 Å². The third-order valence-corrected chi connectivity index (χ3v) is 8.03. The van der Waals surface area contributed by atoms with Crippen LogP contribution in [-0.2, 0) is 10.3 Å². The molecule has 0 radical (unpaired) electrons. The van der Waals surface area contributed by atoms with Crippen LogP contribution in [0.1, 0.15) is 40.7 Å². The average Bonchev–Trinajstić information content (AvgIpc) is 3.68. The Labute approximate surface area is 212 Å². The summed E-state index contributed by atoms with van der Waals surface area (Å²) in [5.41, 5.74) is 4.51. The number of nitrogens with zero attached hydrogens (tertiary/aromatic N) is 3. The fraction of sp³-hybridized carbons (Fsp3) is 0.448. The summed E-state index contributed by atoms with van der Waals surface area (Å²) in [4.78, 5) is 22.9. The van der Waals surface area contributed by atoms with Gasteiger partial charge in [-0.15, -0.1) is 0 Å². The summed E-state index contributed by atoms with van der Waals surface area (Å²) in [6.07, 6.45) is 4.82. The molecule has 188 valence electrons. The molecule has 3 fully saturated rings. The van der Waals surface area contributed by atoms with Crippen LogP contribution in [0.4, 0.5) is 5.69 Å². The molecule has 3 aliphatic rings. The number of aryl methyl sites for hydroxylation is 1. The fourth-order valence-electron chi connectivity index (χ4n) is 5.35. The first-order valence-electron chi connectivity index (χ1n) is 13.0. The molecule has 3 aromatic rings. The van der Waals surface area contributed by atoms with Gasteiger partial charge in [0.05, 0.1) is 24.3 Å². The minimum absolute atomic E-state index is 0.0509. The Hall–Kier alpha value is -3.16. The van der Waals surface area contributed by atoms with Gasteiger partial charge in [-0.25, -0.2) is 0 Å². The van der Waals surface area contributed by atoms with Gasteiger partial charge < -0.3 is 19.7 Å². The Morgan fingerprint density at radius 3 is 2.72 bits per heavy atom. The molecular formula is C29H34N4O3. The number of aromatic nitrogens is 1. The summed E-state index contributed by atoms with van der Waals surface area (Å²) >= 11 is 0. The van der Waals surface area contributed by atoms with E-state index < -0.39 is 0 Å². The summed E-state index contributed by atoms with van der Waals surface area (Å²) in [5, 5.41) is 4.51. The predicted molar refractivity (Wildman–Crippen MR) is 141 cm³/mol. The van der Waals surface area contributed by atoms with Crippen molar-refractivity contribution in [1.82, 2.24) is 15.2 Å². The van der Waals surface area contributed by atoms with E-state index in [4.69, 9.17) is 9.47 Å². The van der Waals surface area contributed by atoms with Gasteiger partial charge in [0.25, 0.3) is 5.91 Å². The number of hydrogen-bond acceptors (Lipinski definition) is 6. The molecule has 1 saturated carbocycles. The van der Waals surface area contributed by atoms with E-state index in [1.54, 1.807) is 0 Å². The molecule has 2 aromatic carbocycles. The lowest BCUT2D eigenvalue weighted by Crippen LogP contribution is -2.48. The number of rotatable bonds is 7. The molecule has 1 N–H and O–H groups in total. The maximum atomic E-state index is 13.6. The van der Waals surface area contributed by atoms with Crippen LogP contribution in [0.5, 0.6) is 5.75 Å². The van der Waals surface area contributed by atoms with Crippen LogP contribution in [0, 0.1) is 6.92 Å². The molecule has 2 saturated heterocycles. The smallest absolute Gasteiger partial charge is 0.252 e. The molecule has 0 bridgehead atoms. The molecule has 7 nitrogen and oxygen atoms in total. The molecule has 1 atom stereocenters. The third kappa shape index (κ3) is 4.42. The maximum absolute atomic E-state index is 13.6. The van der Waals surface area contributed by atoms with Crippen molar-refractivity contribution in [2.75, 3.05) is 51.4 Å². The van der Waals surface area contributed by atoms with Crippen molar-refractivity contribution in [2.24, 2.45) is 0 Å². The largest absolute Gasteiger partial charge is 0.492 e. The average molecular weight is 487 g/mol. The van der Waals surface area contributed by atoms with E-state index in [0.717, 1.165) is 85.6 Å². The first-order valence-corrected chi connectivity index (χ1v) is 13.0. The number of likely N-dealkylation sites (N-methyl/N-ethyl adjacent to an activating group) is 1. The number of likely N-dealkylation sites (tertiary alicyclic amines) is 1. The Balaban J connectivity index is 1.27. The fourth-order valence-corrected chi connectivity index (χ4v) is 5.35. The molecule has 6 rings (SSSR count). The van der Waals surface area contributed by atoms with Crippen LogP contribution < -0.4 is 15.0 Å². The van der Waals surface area contributed by atoms with Crippen LogP contribution in [0.2, 0.25) is 0 Å². The normalized spacial score (nSPS) is 21.2. The highest BCUT2D eigenvalue weighted by Crippen LogP contribution is 2.49. The second-order valence-corrected chi connectivity index (χ2v) is 10.4. The number of hydrogen-bond donors (Lipinski definition) is 1. The highest BCUT2D eigenvalue weighted by molar-refractivity contribution is 5.97. The number of anilines is 1. The number of fused-ring (bicyclic) bond motifs is 1. The van der Waals surface area contributed by atoms with Gasteiger partial charge in [0.2, 0.25) is 0 Å². The monoisotopic (exact) mass is 486 g/mol. The summed E-state index contributed by atoms with van der Waals surface area (Å²) in [6, 6.07) is 14.8. The van der Waals surface area contributed by atoms with Gasteiger partial charge in [-0.3, -0.25) is 14.7 Å². The van der Waals surface area contributed by atoms with Gasteiger partial charge in [-0.1, -0.05) is 12.1 Å². The van der Waals surface area contributed by atoms with Crippen molar-refractivity contribution in [2.45, 2.75) is 37.8 Å². The Kier molecular flexibility index (Phi) is 6.05. The van der Waals surface area contributed by atoms with E-state index in [2.05, 4.69) is 45.3 Å². The zero-order valence-corrected chi connectivity index (χ0v) is 21.1. The van der Waals surface area contributed by atoms with E-state index >= 15 is 0 Å². The molecular weight excluding hydrogens is 452 g/mol. The summed E-state index contributed by atoms with van der Waals surface area (Å²) in [7, 11) is 2.12. The highest BCUT2D eigenvalue weighted by Gasteiger charge is 2.47. The zero-order chi connectivity index (χ0) is 24.7. The second kappa shape index (κ2) is 9.37. The predicted octanol–water partition coefficient (Wildman–Crippen LogP) is 3.88. The maximum Gasteiger partial charge on any atom is 0.252 e. The number of carbonyl (C=O) groups is 1. The van der Waals surface area contributed by atoms with Crippen molar-refractivity contribution in [3.05, 3.63) is 65.4 Å². The Morgan fingerprint density at radius 2 is 2.00 bits per heavy atom. The molecule has 1 aliphatic carbocycles. The van der Waals surface area contributed by atoms with E-state index in [-0.39, 0.29) is 11.4 Å². The van der Waals surface area contributed by atoms with Gasteiger partial charge >= 0.3 is 0 Å². The lowest BCUT2D eigenvalue weighted by molar-refractivity contribution is 0.0767. The molecule has 2 aliphatic heterocycles. The van der Waals surface area contributed by atoms with Crippen molar-refractivity contribution in [3.63, 3.8) is 0 Å². The molecule has 0 spiro atoms. The van der Waals surface area contributed by atoms with Crippen LogP contribution in [0.3, 0.4) is 0 Å². The molecule has 3 heterocycles. The van der Waals surface area contributed by atoms with Crippen molar-refractivity contribution >= 4 is 22.5 Å². The Bertz CT molecular complexity index is 1280. The molecule has 36 heavy (non-hydrogen) atoms. The SMILES string of the molecule is Cc1ccc(OCC2CCN2C)cc1C(=O)NC1(c2cc(N3CCOCC3)cc3ncccc23)CC1. The second-order valence-electron chi connectivity index (χ2n) is 10.4. The number of ether oxygens (including phenoxy) is 2. The van der Waals surface area contributed by atoms with Crippen LogP contribution >= 0.6 is 0 Å². The molecule has 1 amide bonds. The van der Waals surface area contributed by atoms with Crippen molar-refractivity contribution in [3.8, 4) is 5.75 Å².